The van der Waals surface area contributed by atoms with Gasteiger partial charge in [0, 0.05) is 6.07 Å². The van der Waals surface area contributed by atoms with E-state index in [-0.39, 0.29) is 24.8 Å². The van der Waals surface area contributed by atoms with Crippen molar-refractivity contribution >= 4 is 5.91 Å². The molecular weight excluding hydrogens is 206 g/mol. The molecule has 0 atom stereocenters. The van der Waals surface area contributed by atoms with Gasteiger partial charge in [-0.2, -0.15) is 0 Å². The highest BCUT2D eigenvalue weighted by molar-refractivity contribution is 5.77. The molecule has 84 valence electrons. The van der Waals surface area contributed by atoms with E-state index in [0.29, 0.717) is 5.75 Å². The number of phenols is 1. The van der Waals surface area contributed by atoms with Gasteiger partial charge in [-0.05, 0) is 24.6 Å². The van der Waals surface area contributed by atoms with E-state index in [2.05, 4.69) is 11.2 Å². The molecule has 1 aromatic carbocycles. The van der Waals surface area contributed by atoms with Crippen LogP contribution in [0.15, 0.2) is 18.2 Å². The van der Waals surface area contributed by atoms with Gasteiger partial charge < -0.3 is 15.2 Å². The fourth-order valence-electron chi connectivity index (χ4n) is 1.16. The number of terminal acetylenes is 1. The summed E-state index contributed by atoms with van der Waals surface area (Å²) in [7, 11) is 0. The SMILES string of the molecule is C#CCNC(=O)COc1cc(C)cc(O)c1. The molecule has 0 bridgehead atoms. The number of benzene rings is 1. The first kappa shape index (κ1) is 11.9. The van der Waals surface area contributed by atoms with Crippen molar-refractivity contribution < 1.29 is 14.6 Å². The van der Waals surface area contributed by atoms with Gasteiger partial charge in [0.05, 0.1) is 6.54 Å². The number of carbonyl (C=O) groups excluding carboxylic acids is 1. The Bertz CT molecular complexity index is 401. The average Bonchev–Trinajstić information content (AvgIpc) is 2.22. The van der Waals surface area contributed by atoms with Crippen molar-refractivity contribution in [1.82, 2.24) is 5.32 Å². The van der Waals surface area contributed by atoms with Gasteiger partial charge in [-0.1, -0.05) is 5.92 Å². The van der Waals surface area contributed by atoms with Crippen molar-refractivity contribution in [2.24, 2.45) is 0 Å². The van der Waals surface area contributed by atoms with Crippen molar-refractivity contribution in [2.75, 3.05) is 13.2 Å². The van der Waals surface area contributed by atoms with Crippen LogP contribution >= 0.6 is 0 Å². The third kappa shape index (κ3) is 3.93. The maximum absolute atomic E-state index is 11.2. The molecule has 1 rings (SSSR count). The Labute approximate surface area is 94.2 Å². The van der Waals surface area contributed by atoms with Crippen LogP contribution in [0, 0.1) is 19.3 Å². The van der Waals surface area contributed by atoms with E-state index in [9.17, 15) is 9.90 Å². The minimum atomic E-state index is -0.293. The summed E-state index contributed by atoms with van der Waals surface area (Å²) in [6, 6.07) is 4.78. The molecule has 1 amide bonds. The molecule has 0 radical (unpaired) electrons. The van der Waals surface area contributed by atoms with Crippen molar-refractivity contribution in [3.05, 3.63) is 23.8 Å². The smallest absolute Gasteiger partial charge is 0.258 e. The van der Waals surface area contributed by atoms with E-state index in [1.807, 2.05) is 6.92 Å². The molecule has 2 N–H and O–H groups in total. The fourth-order valence-corrected chi connectivity index (χ4v) is 1.16. The lowest BCUT2D eigenvalue weighted by atomic mass is 10.2. The van der Waals surface area contributed by atoms with Gasteiger partial charge in [-0.3, -0.25) is 4.79 Å². The van der Waals surface area contributed by atoms with Crippen LogP contribution in [0.25, 0.3) is 0 Å². The second-order valence-corrected chi connectivity index (χ2v) is 3.27. The maximum atomic E-state index is 11.2. The number of phenolic OH excluding ortho intramolecular Hbond substituents is 1. The minimum Gasteiger partial charge on any atom is -0.508 e. The highest BCUT2D eigenvalue weighted by Gasteiger charge is 2.02. The summed E-state index contributed by atoms with van der Waals surface area (Å²) in [6.07, 6.45) is 4.99. The first-order valence-electron chi connectivity index (χ1n) is 4.75. The summed E-state index contributed by atoms with van der Waals surface area (Å²) in [5.74, 6) is 2.56. The third-order valence-corrected chi connectivity index (χ3v) is 1.79. The zero-order valence-electron chi connectivity index (χ0n) is 8.99. The Hall–Kier alpha value is -2.15. The number of aryl methyl sites for hydroxylation is 1. The normalized spacial score (nSPS) is 9.25. The quantitative estimate of drug-likeness (QED) is 0.737. The molecule has 4 heteroatoms. The molecule has 0 aliphatic rings. The van der Waals surface area contributed by atoms with E-state index >= 15 is 0 Å². The predicted molar refractivity (Wildman–Crippen MR) is 60.2 cm³/mol. The molecule has 16 heavy (non-hydrogen) atoms. The molecule has 0 aliphatic carbocycles. The topological polar surface area (TPSA) is 58.6 Å². The van der Waals surface area contributed by atoms with Crippen LogP contribution in [0.4, 0.5) is 0 Å². The van der Waals surface area contributed by atoms with E-state index in [4.69, 9.17) is 11.2 Å². The predicted octanol–water partition coefficient (Wildman–Crippen LogP) is 0.829. The highest BCUT2D eigenvalue weighted by atomic mass is 16.5. The highest BCUT2D eigenvalue weighted by Crippen LogP contribution is 2.20. The van der Waals surface area contributed by atoms with Crippen LogP contribution < -0.4 is 10.1 Å². The molecule has 0 heterocycles. The van der Waals surface area contributed by atoms with Crippen LogP contribution in [0.2, 0.25) is 0 Å². The van der Waals surface area contributed by atoms with Gasteiger partial charge in [0.1, 0.15) is 11.5 Å². The number of amides is 1. The van der Waals surface area contributed by atoms with E-state index in [1.165, 1.54) is 6.07 Å². The molecule has 0 saturated heterocycles. The summed E-state index contributed by atoms with van der Waals surface area (Å²) in [4.78, 5) is 11.2. The first-order valence-corrected chi connectivity index (χ1v) is 4.75. The van der Waals surface area contributed by atoms with Gasteiger partial charge >= 0.3 is 0 Å². The molecular formula is C12H13NO3. The number of nitrogens with one attached hydrogen (secondary N) is 1. The molecule has 4 nitrogen and oxygen atoms in total. The lowest BCUT2D eigenvalue weighted by Crippen LogP contribution is -2.29. The molecule has 0 unspecified atom stereocenters. The zero-order chi connectivity index (χ0) is 12.0. The van der Waals surface area contributed by atoms with Crippen molar-refractivity contribution in [1.29, 1.82) is 0 Å². The lowest BCUT2D eigenvalue weighted by molar-refractivity contribution is -0.122. The molecule has 0 spiro atoms. The Kier molecular flexibility index (Phi) is 4.22. The molecule has 1 aromatic rings. The standard InChI is InChI=1S/C12H13NO3/c1-3-4-13-12(15)8-16-11-6-9(2)5-10(14)7-11/h1,5-7,14H,4,8H2,2H3,(H,13,15). The van der Waals surface area contributed by atoms with E-state index in [1.54, 1.807) is 12.1 Å². The molecule has 0 aliphatic heterocycles. The Morgan fingerprint density at radius 1 is 1.56 bits per heavy atom. The van der Waals surface area contributed by atoms with Gasteiger partial charge in [0.2, 0.25) is 0 Å². The van der Waals surface area contributed by atoms with Crippen molar-refractivity contribution in [2.45, 2.75) is 6.92 Å². The summed E-state index contributed by atoms with van der Waals surface area (Å²) >= 11 is 0. The molecule has 0 saturated carbocycles. The number of carbonyl (C=O) groups is 1. The van der Waals surface area contributed by atoms with Crippen molar-refractivity contribution in [3.8, 4) is 23.8 Å². The van der Waals surface area contributed by atoms with Crippen LogP contribution in [0.5, 0.6) is 11.5 Å². The number of hydrogen-bond acceptors (Lipinski definition) is 3. The largest absolute Gasteiger partial charge is 0.508 e. The van der Waals surface area contributed by atoms with Gasteiger partial charge in [-0.15, -0.1) is 6.42 Å². The zero-order valence-corrected chi connectivity index (χ0v) is 8.99. The fraction of sp³-hybridized carbons (Fsp3) is 0.250. The Morgan fingerprint density at radius 2 is 2.31 bits per heavy atom. The number of hydrogen-bond donors (Lipinski definition) is 2. The van der Waals surface area contributed by atoms with Crippen LogP contribution in [0.1, 0.15) is 5.56 Å². The Morgan fingerprint density at radius 3 is 2.94 bits per heavy atom. The van der Waals surface area contributed by atoms with Gasteiger partial charge in [0.15, 0.2) is 6.61 Å². The van der Waals surface area contributed by atoms with Gasteiger partial charge in [0.25, 0.3) is 5.91 Å². The maximum Gasteiger partial charge on any atom is 0.258 e. The van der Waals surface area contributed by atoms with Crippen LogP contribution in [0.3, 0.4) is 0 Å². The molecule has 0 fully saturated rings. The number of ether oxygens (including phenoxy) is 1. The third-order valence-electron chi connectivity index (χ3n) is 1.79. The minimum absolute atomic E-state index is 0.110. The van der Waals surface area contributed by atoms with Crippen LogP contribution in [-0.2, 0) is 4.79 Å². The number of aromatic hydroxyl groups is 1. The van der Waals surface area contributed by atoms with E-state index in [0.717, 1.165) is 5.56 Å². The average molecular weight is 219 g/mol. The number of rotatable bonds is 4. The van der Waals surface area contributed by atoms with E-state index < -0.39 is 0 Å². The summed E-state index contributed by atoms with van der Waals surface area (Å²) in [5, 5.41) is 11.8. The first-order chi connectivity index (χ1) is 7.61. The second-order valence-electron chi connectivity index (χ2n) is 3.27. The second kappa shape index (κ2) is 5.66. The lowest BCUT2D eigenvalue weighted by Gasteiger charge is -2.07. The Balaban J connectivity index is 2.48. The summed E-state index contributed by atoms with van der Waals surface area (Å²) in [5.41, 5.74) is 0.860. The summed E-state index contributed by atoms with van der Waals surface area (Å²) in [6.45, 7) is 1.89. The monoisotopic (exact) mass is 219 g/mol. The molecule has 0 aromatic heterocycles. The van der Waals surface area contributed by atoms with Gasteiger partial charge in [-0.25, -0.2) is 0 Å². The summed E-state index contributed by atoms with van der Waals surface area (Å²) < 4.78 is 5.19. The van der Waals surface area contributed by atoms with Crippen LogP contribution in [-0.4, -0.2) is 24.2 Å². The van der Waals surface area contributed by atoms with Crippen molar-refractivity contribution in [3.63, 3.8) is 0 Å².